The fourth-order valence-electron chi connectivity index (χ4n) is 1.64. The lowest BCUT2D eigenvalue weighted by molar-refractivity contribution is 0.0522. The second-order valence-corrected chi connectivity index (χ2v) is 6.50. The van der Waals surface area contributed by atoms with Crippen molar-refractivity contribution in [1.82, 2.24) is 20.5 Å². The van der Waals surface area contributed by atoms with Gasteiger partial charge < -0.3 is 10.1 Å². The van der Waals surface area contributed by atoms with E-state index in [-0.39, 0.29) is 17.9 Å². The van der Waals surface area contributed by atoms with Crippen molar-refractivity contribution in [3.05, 3.63) is 34.3 Å². The van der Waals surface area contributed by atoms with Crippen LogP contribution in [0.5, 0.6) is 0 Å². The molecule has 0 aliphatic carbocycles. The van der Waals surface area contributed by atoms with Crippen molar-refractivity contribution in [3.63, 3.8) is 0 Å². The monoisotopic (exact) mass is 370 g/mol. The van der Waals surface area contributed by atoms with Gasteiger partial charge in [-0.2, -0.15) is 5.10 Å². The van der Waals surface area contributed by atoms with Crippen LogP contribution in [0.15, 0.2) is 22.7 Å². The molecule has 1 amide bonds. The van der Waals surface area contributed by atoms with Crippen LogP contribution in [-0.4, -0.2) is 26.9 Å². The molecule has 1 aromatic heterocycles. The van der Waals surface area contributed by atoms with Gasteiger partial charge in [0.2, 0.25) is 0 Å². The summed E-state index contributed by atoms with van der Waals surface area (Å²) in [4.78, 5) is 15.7. The van der Waals surface area contributed by atoms with Gasteiger partial charge in [0.1, 0.15) is 17.2 Å². The number of aromatic nitrogens is 3. The van der Waals surface area contributed by atoms with Gasteiger partial charge in [0.05, 0.1) is 12.1 Å². The minimum atomic E-state index is -0.572. The summed E-state index contributed by atoms with van der Waals surface area (Å²) in [6.07, 6.45) is -0.555. The SMILES string of the molecule is CC(C)(C)OC(=O)NCc1nc(-c2ccc(Br)cc2F)n[nH]1. The Morgan fingerprint density at radius 1 is 1.45 bits per heavy atom. The highest BCUT2D eigenvalue weighted by Crippen LogP contribution is 2.22. The summed E-state index contributed by atoms with van der Waals surface area (Å²) in [5.41, 5.74) is -0.292. The van der Waals surface area contributed by atoms with Crippen molar-refractivity contribution >= 4 is 22.0 Å². The molecule has 2 N–H and O–H groups in total. The Kier molecular flexibility index (Phi) is 4.80. The Labute approximate surface area is 135 Å². The third-order valence-electron chi connectivity index (χ3n) is 2.50. The number of nitrogens with one attached hydrogen (secondary N) is 2. The highest BCUT2D eigenvalue weighted by atomic mass is 79.9. The van der Waals surface area contributed by atoms with E-state index in [0.717, 1.165) is 0 Å². The molecule has 0 aliphatic heterocycles. The number of carbonyl (C=O) groups is 1. The molecule has 0 fully saturated rings. The zero-order chi connectivity index (χ0) is 16.3. The van der Waals surface area contributed by atoms with E-state index in [9.17, 15) is 9.18 Å². The minimum absolute atomic E-state index is 0.111. The maximum atomic E-state index is 13.8. The zero-order valence-corrected chi connectivity index (χ0v) is 14.0. The number of aromatic amines is 1. The number of halogens is 2. The molecule has 0 saturated carbocycles. The Balaban J connectivity index is 2.01. The van der Waals surface area contributed by atoms with Crippen molar-refractivity contribution in [2.75, 3.05) is 0 Å². The molecular formula is C14H16BrFN4O2. The van der Waals surface area contributed by atoms with E-state index >= 15 is 0 Å². The van der Waals surface area contributed by atoms with Crippen LogP contribution in [0, 0.1) is 5.82 Å². The van der Waals surface area contributed by atoms with Crippen LogP contribution in [0.3, 0.4) is 0 Å². The van der Waals surface area contributed by atoms with Crippen LogP contribution in [0.2, 0.25) is 0 Å². The van der Waals surface area contributed by atoms with Crippen molar-refractivity contribution in [1.29, 1.82) is 0 Å². The highest BCUT2D eigenvalue weighted by Gasteiger charge is 2.16. The summed E-state index contributed by atoms with van der Waals surface area (Å²) in [6.45, 7) is 5.43. The van der Waals surface area contributed by atoms with Crippen molar-refractivity contribution in [2.45, 2.75) is 32.9 Å². The lowest BCUT2D eigenvalue weighted by atomic mass is 10.2. The maximum Gasteiger partial charge on any atom is 0.408 e. The summed E-state index contributed by atoms with van der Waals surface area (Å²) < 4.78 is 19.6. The minimum Gasteiger partial charge on any atom is -0.444 e. The molecule has 6 nitrogen and oxygen atoms in total. The van der Waals surface area contributed by atoms with E-state index in [1.165, 1.54) is 6.07 Å². The van der Waals surface area contributed by atoms with E-state index in [4.69, 9.17) is 4.74 Å². The average molecular weight is 371 g/mol. The Hall–Kier alpha value is -1.96. The Bertz CT molecular complexity index is 682. The zero-order valence-electron chi connectivity index (χ0n) is 12.4. The predicted octanol–water partition coefficient (Wildman–Crippen LogP) is 3.40. The van der Waals surface area contributed by atoms with E-state index in [0.29, 0.717) is 10.3 Å². The Morgan fingerprint density at radius 3 is 2.82 bits per heavy atom. The second-order valence-electron chi connectivity index (χ2n) is 5.59. The average Bonchev–Trinajstić information content (AvgIpc) is 2.83. The number of hydrogen-bond acceptors (Lipinski definition) is 4. The number of alkyl carbamates (subject to hydrolysis) is 1. The maximum absolute atomic E-state index is 13.8. The van der Waals surface area contributed by atoms with E-state index in [1.54, 1.807) is 32.9 Å². The molecule has 0 radical (unpaired) electrons. The third-order valence-corrected chi connectivity index (χ3v) is 3.00. The number of rotatable bonds is 3. The Morgan fingerprint density at radius 2 is 2.18 bits per heavy atom. The molecule has 118 valence electrons. The van der Waals surface area contributed by atoms with Crippen molar-refractivity contribution in [2.24, 2.45) is 0 Å². The van der Waals surface area contributed by atoms with E-state index < -0.39 is 17.5 Å². The number of H-pyrrole nitrogens is 1. The molecule has 0 spiro atoms. The van der Waals surface area contributed by atoms with Crippen LogP contribution in [-0.2, 0) is 11.3 Å². The molecule has 8 heteroatoms. The van der Waals surface area contributed by atoms with Gasteiger partial charge in [-0.25, -0.2) is 14.2 Å². The molecule has 1 heterocycles. The van der Waals surface area contributed by atoms with Gasteiger partial charge in [0, 0.05) is 4.47 Å². The first-order chi connectivity index (χ1) is 10.2. The molecule has 1 aromatic carbocycles. The molecule has 0 saturated heterocycles. The van der Waals surface area contributed by atoms with Crippen molar-refractivity contribution < 1.29 is 13.9 Å². The molecule has 2 rings (SSSR count). The number of nitrogens with zero attached hydrogens (tertiary/aromatic N) is 2. The third kappa shape index (κ3) is 4.52. The van der Waals surface area contributed by atoms with Crippen LogP contribution in [0.4, 0.5) is 9.18 Å². The molecule has 0 aliphatic rings. The quantitative estimate of drug-likeness (QED) is 0.867. The predicted molar refractivity (Wildman–Crippen MR) is 82.6 cm³/mol. The van der Waals surface area contributed by atoms with Gasteiger partial charge in [-0.3, -0.25) is 5.10 Å². The fourth-order valence-corrected chi connectivity index (χ4v) is 1.97. The topological polar surface area (TPSA) is 79.9 Å². The summed E-state index contributed by atoms with van der Waals surface area (Å²) in [5.74, 6) is 0.203. The van der Waals surface area contributed by atoms with Gasteiger partial charge >= 0.3 is 6.09 Å². The first kappa shape index (κ1) is 16.4. The molecule has 22 heavy (non-hydrogen) atoms. The van der Waals surface area contributed by atoms with Crippen LogP contribution >= 0.6 is 15.9 Å². The number of ether oxygens (including phenoxy) is 1. The molecule has 0 atom stereocenters. The van der Waals surface area contributed by atoms with Crippen molar-refractivity contribution in [3.8, 4) is 11.4 Å². The summed E-state index contributed by atoms with van der Waals surface area (Å²) in [7, 11) is 0. The highest BCUT2D eigenvalue weighted by molar-refractivity contribution is 9.10. The first-order valence-corrected chi connectivity index (χ1v) is 7.37. The first-order valence-electron chi connectivity index (χ1n) is 6.58. The lowest BCUT2D eigenvalue weighted by Crippen LogP contribution is -2.32. The summed E-state index contributed by atoms with van der Waals surface area (Å²) in [6, 6.07) is 4.62. The van der Waals surface area contributed by atoms with Gasteiger partial charge in [0.25, 0.3) is 0 Å². The fraction of sp³-hybridized carbons (Fsp3) is 0.357. The summed E-state index contributed by atoms with van der Waals surface area (Å²) >= 11 is 3.19. The van der Waals surface area contributed by atoms with Gasteiger partial charge in [-0.1, -0.05) is 15.9 Å². The number of amides is 1. The van der Waals surface area contributed by atoms with Crippen LogP contribution in [0.25, 0.3) is 11.4 Å². The van der Waals surface area contributed by atoms with Gasteiger partial charge in [-0.05, 0) is 39.0 Å². The van der Waals surface area contributed by atoms with Crippen LogP contribution in [0.1, 0.15) is 26.6 Å². The summed E-state index contributed by atoms with van der Waals surface area (Å²) in [5, 5.41) is 9.15. The lowest BCUT2D eigenvalue weighted by Gasteiger charge is -2.19. The van der Waals surface area contributed by atoms with E-state index in [2.05, 4.69) is 36.4 Å². The van der Waals surface area contributed by atoms with Crippen LogP contribution < -0.4 is 5.32 Å². The molecule has 2 aromatic rings. The largest absolute Gasteiger partial charge is 0.444 e. The number of benzene rings is 1. The van der Waals surface area contributed by atoms with Gasteiger partial charge in [0.15, 0.2) is 5.82 Å². The number of hydrogen-bond donors (Lipinski definition) is 2. The standard InChI is InChI=1S/C14H16BrFN4O2/c1-14(2,3)22-13(21)17-7-11-18-12(20-19-11)9-5-4-8(15)6-10(9)16/h4-6H,7H2,1-3H3,(H,17,21)(H,18,19,20). The van der Waals surface area contributed by atoms with Gasteiger partial charge in [-0.15, -0.1) is 0 Å². The number of carbonyl (C=O) groups excluding carboxylic acids is 1. The normalized spacial score (nSPS) is 11.3. The molecular weight excluding hydrogens is 355 g/mol. The second kappa shape index (κ2) is 6.43. The van der Waals surface area contributed by atoms with E-state index in [1.807, 2.05) is 0 Å². The smallest absolute Gasteiger partial charge is 0.408 e. The molecule has 0 unspecified atom stereocenters. The molecule has 0 bridgehead atoms.